The van der Waals surface area contributed by atoms with Crippen molar-refractivity contribution in [1.29, 1.82) is 0 Å². The molecule has 3 amide bonds. The van der Waals surface area contributed by atoms with E-state index in [9.17, 15) is 14.4 Å². The van der Waals surface area contributed by atoms with Crippen molar-refractivity contribution in [3.05, 3.63) is 70.2 Å². The fraction of sp³-hybridized carbons (Fsp3) is 0.360. The standard InChI is InChI=1S/C25H28BrN5O3/c1-15(17-10-7-11-18(26)14-17)28-31-25(34)22(27-23(32)16-8-3-2-4-9-16)21-19-12-5-6-13-20(19)24(33)30-29-21/h2-4,7-11,14,19-22,29H,5-6,12-13H2,1H3,(H,27,32)(H,30,33)(H,31,34). The van der Waals surface area contributed by atoms with Gasteiger partial charge in [0.15, 0.2) is 0 Å². The Morgan fingerprint density at radius 2 is 1.79 bits per heavy atom. The molecule has 2 aromatic carbocycles. The summed E-state index contributed by atoms with van der Waals surface area (Å²) in [6, 6.07) is 15.0. The van der Waals surface area contributed by atoms with E-state index in [0.717, 1.165) is 35.7 Å². The predicted octanol–water partition coefficient (Wildman–Crippen LogP) is 2.90. The van der Waals surface area contributed by atoms with Crippen LogP contribution in [-0.4, -0.2) is 35.5 Å². The molecule has 2 fully saturated rings. The second-order valence-corrected chi connectivity index (χ2v) is 9.63. The number of fused-ring (bicyclic) bond motifs is 1. The van der Waals surface area contributed by atoms with E-state index in [1.165, 1.54) is 0 Å². The Morgan fingerprint density at radius 3 is 2.56 bits per heavy atom. The number of hydrazine groups is 1. The minimum absolute atomic E-state index is 0.0574. The molecule has 4 N–H and O–H groups in total. The van der Waals surface area contributed by atoms with E-state index in [1.807, 2.05) is 30.3 Å². The Morgan fingerprint density at radius 1 is 1.06 bits per heavy atom. The van der Waals surface area contributed by atoms with Crippen molar-refractivity contribution in [1.82, 2.24) is 21.6 Å². The summed E-state index contributed by atoms with van der Waals surface area (Å²) in [7, 11) is 0. The third-order valence-corrected chi connectivity index (χ3v) is 7.01. The van der Waals surface area contributed by atoms with Crippen LogP contribution in [0.25, 0.3) is 0 Å². The normalized spacial score (nSPS) is 23.3. The van der Waals surface area contributed by atoms with E-state index in [2.05, 4.69) is 42.6 Å². The van der Waals surface area contributed by atoms with Crippen LogP contribution in [0, 0.1) is 11.8 Å². The van der Waals surface area contributed by atoms with E-state index in [4.69, 9.17) is 0 Å². The Bertz CT molecular complexity index is 1090. The van der Waals surface area contributed by atoms with Crippen LogP contribution in [0.4, 0.5) is 0 Å². The average Bonchev–Trinajstić information content (AvgIpc) is 2.87. The SMILES string of the molecule is CC(=NNC(=O)C(NC(=O)c1ccccc1)C1NNC(=O)C2CCCCC21)c1cccc(Br)c1. The Labute approximate surface area is 207 Å². The second-order valence-electron chi connectivity index (χ2n) is 8.71. The number of rotatable bonds is 6. The number of hydrogen-bond donors (Lipinski definition) is 4. The molecule has 4 atom stereocenters. The maximum atomic E-state index is 13.4. The number of benzene rings is 2. The predicted molar refractivity (Wildman–Crippen MR) is 133 cm³/mol. The first-order valence-electron chi connectivity index (χ1n) is 11.5. The highest BCUT2D eigenvalue weighted by molar-refractivity contribution is 9.10. The van der Waals surface area contributed by atoms with Crippen molar-refractivity contribution in [3.63, 3.8) is 0 Å². The molecule has 4 rings (SSSR count). The van der Waals surface area contributed by atoms with Gasteiger partial charge in [-0.15, -0.1) is 0 Å². The second kappa shape index (κ2) is 10.9. The maximum absolute atomic E-state index is 13.4. The van der Waals surface area contributed by atoms with Crippen LogP contribution in [0.2, 0.25) is 0 Å². The minimum Gasteiger partial charge on any atom is -0.339 e. The zero-order chi connectivity index (χ0) is 24.1. The molecule has 8 nitrogen and oxygen atoms in total. The smallest absolute Gasteiger partial charge is 0.264 e. The molecule has 1 aliphatic carbocycles. The highest BCUT2D eigenvalue weighted by atomic mass is 79.9. The third kappa shape index (κ3) is 5.53. The summed E-state index contributed by atoms with van der Waals surface area (Å²) < 4.78 is 0.907. The Hall–Kier alpha value is -3.04. The molecule has 1 aliphatic heterocycles. The maximum Gasteiger partial charge on any atom is 0.264 e. The van der Waals surface area contributed by atoms with E-state index < -0.39 is 18.0 Å². The van der Waals surface area contributed by atoms with E-state index in [1.54, 1.807) is 31.2 Å². The van der Waals surface area contributed by atoms with Crippen molar-refractivity contribution in [2.24, 2.45) is 16.9 Å². The number of carbonyl (C=O) groups excluding carboxylic acids is 3. The number of hydrazone groups is 1. The number of nitrogens with zero attached hydrogens (tertiary/aromatic N) is 1. The highest BCUT2D eigenvalue weighted by Crippen LogP contribution is 2.35. The summed E-state index contributed by atoms with van der Waals surface area (Å²) in [5, 5.41) is 7.16. The Balaban J connectivity index is 1.57. The molecule has 9 heteroatoms. The van der Waals surface area contributed by atoms with Gasteiger partial charge in [0.1, 0.15) is 6.04 Å². The van der Waals surface area contributed by atoms with Gasteiger partial charge in [0.05, 0.1) is 11.8 Å². The van der Waals surface area contributed by atoms with Crippen molar-refractivity contribution >= 4 is 39.4 Å². The fourth-order valence-corrected chi connectivity index (χ4v) is 5.12. The largest absolute Gasteiger partial charge is 0.339 e. The molecule has 0 radical (unpaired) electrons. The fourth-order valence-electron chi connectivity index (χ4n) is 4.72. The molecule has 1 saturated carbocycles. The molecule has 2 aromatic rings. The van der Waals surface area contributed by atoms with E-state index >= 15 is 0 Å². The van der Waals surface area contributed by atoms with Crippen LogP contribution in [0.3, 0.4) is 0 Å². The molecule has 0 aromatic heterocycles. The van der Waals surface area contributed by atoms with Crippen LogP contribution >= 0.6 is 15.9 Å². The van der Waals surface area contributed by atoms with Crippen molar-refractivity contribution in [2.45, 2.75) is 44.7 Å². The van der Waals surface area contributed by atoms with E-state index in [-0.39, 0.29) is 23.7 Å². The molecule has 1 saturated heterocycles. The van der Waals surface area contributed by atoms with Gasteiger partial charge in [-0.25, -0.2) is 10.9 Å². The lowest BCUT2D eigenvalue weighted by atomic mass is 9.72. The molecular weight excluding hydrogens is 498 g/mol. The third-order valence-electron chi connectivity index (χ3n) is 6.52. The van der Waals surface area contributed by atoms with Gasteiger partial charge in [0.25, 0.3) is 11.8 Å². The van der Waals surface area contributed by atoms with Crippen molar-refractivity contribution in [2.75, 3.05) is 0 Å². The molecule has 1 heterocycles. The van der Waals surface area contributed by atoms with Gasteiger partial charge in [-0.3, -0.25) is 19.8 Å². The van der Waals surface area contributed by atoms with Gasteiger partial charge in [-0.05, 0) is 55.5 Å². The minimum atomic E-state index is -0.932. The van der Waals surface area contributed by atoms with Crippen LogP contribution in [0.1, 0.15) is 48.5 Å². The van der Waals surface area contributed by atoms with Gasteiger partial charge in [0, 0.05) is 16.0 Å². The number of nitrogens with one attached hydrogen (secondary N) is 4. The highest BCUT2D eigenvalue weighted by Gasteiger charge is 2.45. The summed E-state index contributed by atoms with van der Waals surface area (Å²) in [5.41, 5.74) is 10.3. The number of hydrogen-bond acceptors (Lipinski definition) is 5. The van der Waals surface area contributed by atoms with Gasteiger partial charge in [-0.2, -0.15) is 5.10 Å². The summed E-state index contributed by atoms with van der Waals surface area (Å²) >= 11 is 3.44. The molecule has 0 bridgehead atoms. The van der Waals surface area contributed by atoms with Crippen molar-refractivity contribution < 1.29 is 14.4 Å². The van der Waals surface area contributed by atoms with Crippen LogP contribution in [-0.2, 0) is 9.59 Å². The Kier molecular flexibility index (Phi) is 7.74. The molecule has 2 aliphatic rings. The molecule has 4 unspecified atom stereocenters. The van der Waals surface area contributed by atoms with Crippen molar-refractivity contribution in [3.8, 4) is 0 Å². The molecular formula is C25H28BrN5O3. The lowest BCUT2D eigenvalue weighted by molar-refractivity contribution is -0.136. The van der Waals surface area contributed by atoms with Crippen LogP contribution in [0.5, 0.6) is 0 Å². The van der Waals surface area contributed by atoms with Gasteiger partial charge in [-0.1, -0.05) is 59.1 Å². The number of amides is 3. The lowest BCUT2D eigenvalue weighted by Gasteiger charge is -2.43. The summed E-state index contributed by atoms with van der Waals surface area (Å²) in [6.45, 7) is 1.80. The summed E-state index contributed by atoms with van der Waals surface area (Å²) in [6.07, 6.45) is 3.54. The lowest BCUT2D eigenvalue weighted by Crippen LogP contribution is -2.68. The summed E-state index contributed by atoms with van der Waals surface area (Å²) in [4.78, 5) is 38.8. The molecule has 0 spiro atoms. The van der Waals surface area contributed by atoms with E-state index in [0.29, 0.717) is 11.3 Å². The summed E-state index contributed by atoms with van der Waals surface area (Å²) in [5.74, 6) is -1.12. The van der Waals surface area contributed by atoms with Gasteiger partial charge < -0.3 is 5.32 Å². The van der Waals surface area contributed by atoms with Crippen LogP contribution in [0.15, 0.2) is 64.2 Å². The monoisotopic (exact) mass is 525 g/mol. The first-order valence-corrected chi connectivity index (χ1v) is 12.2. The molecule has 34 heavy (non-hydrogen) atoms. The average molecular weight is 526 g/mol. The first-order chi connectivity index (χ1) is 16.4. The number of halogens is 1. The molecule has 178 valence electrons. The van der Waals surface area contributed by atoms with Gasteiger partial charge in [0.2, 0.25) is 5.91 Å². The zero-order valence-corrected chi connectivity index (χ0v) is 20.5. The van der Waals surface area contributed by atoms with Crippen LogP contribution < -0.4 is 21.6 Å². The quantitative estimate of drug-likeness (QED) is 0.343. The first kappa shape index (κ1) is 24.1. The topological polar surface area (TPSA) is 112 Å². The van der Waals surface area contributed by atoms with Gasteiger partial charge >= 0.3 is 0 Å². The number of carbonyl (C=O) groups is 3. The zero-order valence-electron chi connectivity index (χ0n) is 18.9.